The van der Waals surface area contributed by atoms with Crippen LogP contribution >= 0.6 is 0 Å². The average Bonchev–Trinajstić information content (AvgIpc) is 2.44. The normalized spacial score (nSPS) is 20.9. The van der Waals surface area contributed by atoms with Gasteiger partial charge in [-0.15, -0.1) is 0 Å². The predicted molar refractivity (Wildman–Crippen MR) is 81.4 cm³/mol. The maximum atomic E-state index is 10.9. The van der Waals surface area contributed by atoms with Gasteiger partial charge in [-0.25, -0.2) is 0 Å². The second-order valence-corrected chi connectivity index (χ2v) is 6.59. The summed E-state index contributed by atoms with van der Waals surface area (Å²) in [5.41, 5.74) is 0. The lowest BCUT2D eigenvalue weighted by molar-refractivity contribution is -0.144. The van der Waals surface area contributed by atoms with Gasteiger partial charge in [0.25, 0.3) is 0 Å². The van der Waals surface area contributed by atoms with Crippen LogP contribution in [-0.4, -0.2) is 44.3 Å². The Morgan fingerprint density at radius 3 is 0.958 bits per heavy atom. The van der Waals surface area contributed by atoms with E-state index >= 15 is 0 Å². The van der Waals surface area contributed by atoms with Crippen LogP contribution in [0.25, 0.3) is 0 Å². The Balaban J connectivity index is 2.66. The van der Waals surface area contributed by atoms with E-state index in [9.17, 15) is 19.2 Å². The van der Waals surface area contributed by atoms with Gasteiger partial charge in [-0.1, -0.05) is 0 Å². The van der Waals surface area contributed by atoms with Crippen LogP contribution in [0.1, 0.15) is 51.4 Å². The van der Waals surface area contributed by atoms with Crippen LogP contribution in [0.15, 0.2) is 0 Å². The molecule has 1 rings (SSSR count). The largest absolute Gasteiger partial charge is 0.481 e. The fourth-order valence-corrected chi connectivity index (χ4v) is 3.80. The fourth-order valence-electron chi connectivity index (χ4n) is 3.80. The highest BCUT2D eigenvalue weighted by Crippen LogP contribution is 2.40. The molecule has 8 heteroatoms. The first-order valence-corrected chi connectivity index (χ1v) is 8.06. The summed E-state index contributed by atoms with van der Waals surface area (Å²) >= 11 is 0. The highest BCUT2D eigenvalue weighted by atomic mass is 16.4. The van der Waals surface area contributed by atoms with Crippen LogP contribution < -0.4 is 0 Å². The second kappa shape index (κ2) is 9.24. The molecule has 0 aromatic heterocycles. The number of rotatable bonds is 10. The van der Waals surface area contributed by atoms with Gasteiger partial charge < -0.3 is 20.4 Å². The molecule has 0 radical (unpaired) electrons. The van der Waals surface area contributed by atoms with Crippen molar-refractivity contribution in [2.45, 2.75) is 51.4 Å². The number of carbonyl (C=O) groups is 4. The molecule has 1 aliphatic carbocycles. The molecule has 0 heterocycles. The van der Waals surface area contributed by atoms with Crippen molar-refractivity contribution in [1.82, 2.24) is 0 Å². The van der Waals surface area contributed by atoms with Crippen LogP contribution in [0.4, 0.5) is 0 Å². The van der Waals surface area contributed by atoms with Crippen LogP contribution in [-0.2, 0) is 19.2 Å². The van der Waals surface area contributed by atoms with Gasteiger partial charge in [-0.3, -0.25) is 19.2 Å². The van der Waals surface area contributed by atoms with E-state index in [0.717, 1.165) is 0 Å². The van der Waals surface area contributed by atoms with Crippen molar-refractivity contribution in [3.63, 3.8) is 0 Å². The average molecular weight is 344 g/mol. The smallest absolute Gasteiger partial charge is 0.303 e. The number of hydrogen-bond acceptors (Lipinski definition) is 4. The molecule has 0 amide bonds. The van der Waals surface area contributed by atoms with Gasteiger partial charge in [-0.05, 0) is 49.4 Å². The Kier molecular flexibility index (Phi) is 7.67. The summed E-state index contributed by atoms with van der Waals surface area (Å²) in [4.78, 5) is 43.7. The molecule has 136 valence electrons. The molecule has 8 nitrogen and oxygen atoms in total. The lowest BCUT2D eigenvalue weighted by Gasteiger charge is -2.35. The quantitative estimate of drug-likeness (QED) is 0.469. The third kappa shape index (κ3) is 6.97. The molecule has 24 heavy (non-hydrogen) atoms. The summed E-state index contributed by atoms with van der Waals surface area (Å²) in [7, 11) is 0. The van der Waals surface area contributed by atoms with Gasteiger partial charge in [0.15, 0.2) is 0 Å². The van der Waals surface area contributed by atoms with E-state index < -0.39 is 35.7 Å². The molecule has 0 bridgehead atoms. The Hall–Kier alpha value is -2.12. The number of hydrogen-bond donors (Lipinski definition) is 4. The summed E-state index contributed by atoms with van der Waals surface area (Å²) in [5, 5.41) is 35.8. The van der Waals surface area contributed by atoms with Gasteiger partial charge >= 0.3 is 23.9 Å². The first kappa shape index (κ1) is 19.9. The Bertz CT molecular complexity index is 402. The van der Waals surface area contributed by atoms with E-state index in [2.05, 4.69) is 0 Å². The van der Waals surface area contributed by atoms with Gasteiger partial charge in [-0.2, -0.15) is 0 Å². The first-order chi connectivity index (χ1) is 11.2. The van der Waals surface area contributed by atoms with E-state index in [0.29, 0.717) is 25.7 Å². The molecule has 1 fully saturated rings. The van der Waals surface area contributed by atoms with E-state index in [1.165, 1.54) is 0 Å². The Morgan fingerprint density at radius 2 is 0.792 bits per heavy atom. The predicted octanol–water partition coefficient (Wildman–Crippen LogP) is 1.92. The van der Waals surface area contributed by atoms with Crippen LogP contribution in [0.3, 0.4) is 0 Å². The SMILES string of the molecule is O=C(O)CC(CC(=O)O)C1CCC(C(CC(=O)O)CC(=O)O)CC1. The van der Waals surface area contributed by atoms with E-state index in [4.69, 9.17) is 20.4 Å². The van der Waals surface area contributed by atoms with E-state index in [1.807, 2.05) is 0 Å². The number of carboxylic acid groups (broad SMARTS) is 4. The van der Waals surface area contributed by atoms with Crippen LogP contribution in [0.5, 0.6) is 0 Å². The van der Waals surface area contributed by atoms with Crippen molar-refractivity contribution in [3.8, 4) is 0 Å². The second-order valence-electron chi connectivity index (χ2n) is 6.59. The molecule has 0 saturated heterocycles. The van der Waals surface area contributed by atoms with Crippen LogP contribution in [0.2, 0.25) is 0 Å². The highest BCUT2D eigenvalue weighted by molar-refractivity contribution is 5.71. The van der Waals surface area contributed by atoms with Crippen molar-refractivity contribution in [1.29, 1.82) is 0 Å². The maximum absolute atomic E-state index is 10.9. The summed E-state index contributed by atoms with van der Waals surface area (Å²) < 4.78 is 0. The topological polar surface area (TPSA) is 149 Å². The number of carboxylic acids is 4. The van der Waals surface area contributed by atoms with Gasteiger partial charge in [0.1, 0.15) is 0 Å². The number of aliphatic carboxylic acids is 4. The molecule has 4 N–H and O–H groups in total. The van der Waals surface area contributed by atoms with Crippen molar-refractivity contribution in [2.24, 2.45) is 23.7 Å². The summed E-state index contributed by atoms with van der Waals surface area (Å²) in [6.07, 6.45) is 1.61. The van der Waals surface area contributed by atoms with Gasteiger partial charge in [0.05, 0.1) is 0 Å². The molecule has 0 atom stereocenters. The first-order valence-electron chi connectivity index (χ1n) is 8.06. The zero-order valence-electron chi connectivity index (χ0n) is 13.4. The van der Waals surface area contributed by atoms with Gasteiger partial charge in [0, 0.05) is 25.7 Å². The summed E-state index contributed by atoms with van der Waals surface area (Å²) in [6, 6.07) is 0. The minimum atomic E-state index is -1.03. The van der Waals surface area contributed by atoms with Crippen molar-refractivity contribution in [2.75, 3.05) is 0 Å². The van der Waals surface area contributed by atoms with Crippen molar-refractivity contribution in [3.05, 3.63) is 0 Å². The van der Waals surface area contributed by atoms with Crippen molar-refractivity contribution < 1.29 is 39.6 Å². The molecular formula is C16H24O8. The Morgan fingerprint density at radius 1 is 0.583 bits per heavy atom. The molecular weight excluding hydrogens is 320 g/mol. The Labute approximate surface area is 139 Å². The van der Waals surface area contributed by atoms with Crippen LogP contribution in [0, 0.1) is 23.7 Å². The maximum Gasteiger partial charge on any atom is 0.303 e. The molecule has 0 aromatic carbocycles. The lowest BCUT2D eigenvalue weighted by atomic mass is 9.69. The highest BCUT2D eigenvalue weighted by Gasteiger charge is 2.34. The van der Waals surface area contributed by atoms with E-state index in [1.54, 1.807) is 0 Å². The van der Waals surface area contributed by atoms with E-state index in [-0.39, 0.29) is 37.5 Å². The molecule has 1 saturated carbocycles. The molecule has 0 aromatic rings. The van der Waals surface area contributed by atoms with Gasteiger partial charge in [0.2, 0.25) is 0 Å². The molecule has 1 aliphatic rings. The fraction of sp³-hybridized carbons (Fsp3) is 0.750. The molecule has 0 aliphatic heterocycles. The zero-order chi connectivity index (χ0) is 18.3. The summed E-state index contributed by atoms with van der Waals surface area (Å²) in [5.74, 6) is -5.09. The molecule has 0 spiro atoms. The minimum Gasteiger partial charge on any atom is -0.481 e. The minimum absolute atomic E-state index is 0.0382. The monoisotopic (exact) mass is 344 g/mol. The third-order valence-electron chi connectivity index (χ3n) is 4.90. The lowest BCUT2D eigenvalue weighted by Crippen LogP contribution is -2.30. The van der Waals surface area contributed by atoms with Crippen molar-refractivity contribution >= 4 is 23.9 Å². The summed E-state index contributed by atoms with van der Waals surface area (Å²) in [6.45, 7) is 0. The standard InChI is InChI=1S/C16H24O8/c17-13(18)5-11(6-14(19)20)9-1-2-10(4-3-9)12(7-15(21)22)8-16(23)24/h9-12H,1-8H2,(H,17,18)(H,19,20)(H,21,22)(H,23,24). The third-order valence-corrected chi connectivity index (χ3v) is 4.90. The zero-order valence-corrected chi connectivity index (χ0v) is 13.4. The molecule has 0 unspecified atom stereocenters.